The van der Waals surface area contributed by atoms with E-state index < -0.39 is 5.92 Å². The molecule has 3 unspecified atom stereocenters. The summed E-state index contributed by atoms with van der Waals surface area (Å²) in [5.41, 5.74) is 0.550. The van der Waals surface area contributed by atoms with Gasteiger partial charge in [-0.1, -0.05) is 33.1 Å². The minimum atomic E-state index is -2.33. The van der Waals surface area contributed by atoms with Gasteiger partial charge in [-0.25, -0.2) is 8.78 Å². The quantitative estimate of drug-likeness (QED) is 0.589. The summed E-state index contributed by atoms with van der Waals surface area (Å²) in [6.07, 6.45) is 11.0. The Hall–Kier alpha value is -0.140. The zero-order valence-corrected chi connectivity index (χ0v) is 13.1. The molecule has 0 aromatic carbocycles. The topological polar surface area (TPSA) is 0 Å². The molecular formula is C18H30F2. The van der Waals surface area contributed by atoms with E-state index in [-0.39, 0.29) is 12.8 Å². The standard InChI is InChI=1S/C18H30F2/c1-17(2)7-6-13(10-17)8-15-4-3-5-16(15)9-14-11-18(19,20)12-14/h13-16H,3-12H2,1-2H3. The lowest BCUT2D eigenvalue weighted by atomic mass is 9.72. The van der Waals surface area contributed by atoms with Gasteiger partial charge < -0.3 is 0 Å². The Balaban J connectivity index is 1.47. The highest BCUT2D eigenvalue weighted by molar-refractivity contribution is 4.91. The van der Waals surface area contributed by atoms with E-state index in [2.05, 4.69) is 13.8 Å². The highest BCUT2D eigenvalue weighted by Crippen LogP contribution is 2.51. The molecule has 2 heteroatoms. The van der Waals surface area contributed by atoms with Crippen LogP contribution in [0.15, 0.2) is 0 Å². The van der Waals surface area contributed by atoms with Crippen LogP contribution in [0.25, 0.3) is 0 Å². The van der Waals surface area contributed by atoms with Crippen LogP contribution in [0.3, 0.4) is 0 Å². The van der Waals surface area contributed by atoms with Crippen LogP contribution in [0.2, 0.25) is 0 Å². The lowest BCUT2D eigenvalue weighted by Crippen LogP contribution is -2.36. The van der Waals surface area contributed by atoms with Crippen LogP contribution in [0.4, 0.5) is 8.78 Å². The summed E-state index contributed by atoms with van der Waals surface area (Å²) in [6, 6.07) is 0. The number of hydrogen-bond donors (Lipinski definition) is 0. The molecule has 3 aliphatic rings. The molecule has 0 aromatic rings. The fourth-order valence-corrected chi connectivity index (χ4v) is 5.32. The second kappa shape index (κ2) is 5.25. The summed E-state index contributed by atoms with van der Waals surface area (Å²) in [5.74, 6) is 0.533. The average Bonchev–Trinajstić information content (AvgIpc) is 2.84. The SMILES string of the molecule is CC1(C)CCC(CC2CCCC2CC2CC(F)(F)C2)C1. The smallest absolute Gasteiger partial charge is 0.207 e. The summed E-state index contributed by atoms with van der Waals surface area (Å²) >= 11 is 0. The number of hydrogen-bond acceptors (Lipinski definition) is 0. The molecule has 0 N–H and O–H groups in total. The summed E-state index contributed by atoms with van der Waals surface area (Å²) in [4.78, 5) is 0. The van der Waals surface area contributed by atoms with Crippen molar-refractivity contribution < 1.29 is 8.78 Å². The molecule has 0 amide bonds. The van der Waals surface area contributed by atoms with Gasteiger partial charge in [0.2, 0.25) is 5.92 Å². The summed E-state index contributed by atoms with van der Waals surface area (Å²) in [5, 5.41) is 0. The van der Waals surface area contributed by atoms with E-state index in [9.17, 15) is 8.78 Å². The number of rotatable bonds is 4. The molecule has 0 spiro atoms. The van der Waals surface area contributed by atoms with Crippen LogP contribution < -0.4 is 0 Å². The van der Waals surface area contributed by atoms with E-state index in [0.717, 1.165) is 24.2 Å². The van der Waals surface area contributed by atoms with Crippen LogP contribution in [-0.2, 0) is 0 Å². The molecule has 3 fully saturated rings. The second-order valence-electron chi connectivity index (χ2n) is 8.83. The van der Waals surface area contributed by atoms with Crippen LogP contribution in [-0.4, -0.2) is 5.92 Å². The fourth-order valence-electron chi connectivity index (χ4n) is 5.32. The largest absolute Gasteiger partial charge is 0.248 e. The molecule has 3 aliphatic carbocycles. The van der Waals surface area contributed by atoms with E-state index >= 15 is 0 Å². The van der Waals surface area contributed by atoms with E-state index in [0.29, 0.717) is 11.3 Å². The van der Waals surface area contributed by atoms with E-state index in [1.807, 2.05) is 0 Å². The molecule has 3 saturated carbocycles. The molecule has 20 heavy (non-hydrogen) atoms. The van der Waals surface area contributed by atoms with Crippen LogP contribution in [0.5, 0.6) is 0 Å². The van der Waals surface area contributed by atoms with Crippen molar-refractivity contribution in [3.63, 3.8) is 0 Å². The summed E-state index contributed by atoms with van der Waals surface area (Å²) in [6.45, 7) is 4.80. The first-order valence-electron chi connectivity index (χ1n) is 8.71. The van der Waals surface area contributed by atoms with Crippen molar-refractivity contribution in [2.24, 2.45) is 29.1 Å². The lowest BCUT2D eigenvalue weighted by Gasteiger charge is -2.37. The third kappa shape index (κ3) is 3.36. The van der Waals surface area contributed by atoms with Crippen LogP contribution >= 0.6 is 0 Å². The Kier molecular flexibility index (Phi) is 3.88. The Labute approximate surface area is 122 Å². The Bertz CT molecular complexity index is 339. The molecular weight excluding hydrogens is 254 g/mol. The Morgan fingerprint density at radius 3 is 1.95 bits per heavy atom. The first-order chi connectivity index (χ1) is 9.33. The monoisotopic (exact) mass is 284 g/mol. The van der Waals surface area contributed by atoms with Crippen molar-refractivity contribution in [2.45, 2.75) is 84.0 Å². The highest BCUT2D eigenvalue weighted by Gasteiger charge is 2.46. The Morgan fingerprint density at radius 1 is 0.850 bits per heavy atom. The predicted molar refractivity (Wildman–Crippen MR) is 78.9 cm³/mol. The van der Waals surface area contributed by atoms with Gasteiger partial charge in [0.25, 0.3) is 0 Å². The predicted octanol–water partition coefficient (Wildman–Crippen LogP) is 6.05. The third-order valence-electron chi connectivity index (χ3n) is 6.33. The van der Waals surface area contributed by atoms with Gasteiger partial charge >= 0.3 is 0 Å². The minimum Gasteiger partial charge on any atom is -0.207 e. The number of alkyl halides is 2. The average molecular weight is 284 g/mol. The minimum absolute atomic E-state index is 0.173. The molecule has 0 bridgehead atoms. The molecule has 3 atom stereocenters. The summed E-state index contributed by atoms with van der Waals surface area (Å²) < 4.78 is 25.9. The maximum atomic E-state index is 13.0. The van der Waals surface area contributed by atoms with Gasteiger partial charge in [-0.05, 0) is 61.2 Å². The maximum Gasteiger partial charge on any atom is 0.248 e. The normalized spacial score (nSPS) is 39.9. The lowest BCUT2D eigenvalue weighted by molar-refractivity contribution is -0.116. The van der Waals surface area contributed by atoms with Gasteiger partial charge in [0.1, 0.15) is 0 Å². The van der Waals surface area contributed by atoms with Gasteiger partial charge in [0.15, 0.2) is 0 Å². The van der Waals surface area contributed by atoms with Gasteiger partial charge in [-0.3, -0.25) is 0 Å². The first kappa shape index (κ1) is 14.8. The zero-order valence-electron chi connectivity index (χ0n) is 13.1. The van der Waals surface area contributed by atoms with Crippen molar-refractivity contribution in [3.05, 3.63) is 0 Å². The third-order valence-corrected chi connectivity index (χ3v) is 6.33. The number of halogens is 2. The molecule has 3 rings (SSSR count). The molecule has 0 nitrogen and oxygen atoms in total. The maximum absolute atomic E-state index is 13.0. The fraction of sp³-hybridized carbons (Fsp3) is 1.00. The molecule has 0 radical (unpaired) electrons. The van der Waals surface area contributed by atoms with Gasteiger partial charge in [0.05, 0.1) is 0 Å². The highest BCUT2D eigenvalue weighted by atomic mass is 19.3. The van der Waals surface area contributed by atoms with Gasteiger partial charge in [0, 0.05) is 12.8 Å². The van der Waals surface area contributed by atoms with Gasteiger partial charge in [-0.15, -0.1) is 0 Å². The zero-order chi connectivity index (χ0) is 14.4. The van der Waals surface area contributed by atoms with Crippen LogP contribution in [0.1, 0.15) is 78.1 Å². The molecule has 0 heterocycles. The molecule has 0 saturated heterocycles. The second-order valence-corrected chi connectivity index (χ2v) is 8.83. The van der Waals surface area contributed by atoms with Crippen molar-refractivity contribution in [1.29, 1.82) is 0 Å². The van der Waals surface area contributed by atoms with Crippen molar-refractivity contribution in [1.82, 2.24) is 0 Å². The van der Waals surface area contributed by atoms with E-state index in [1.165, 1.54) is 44.9 Å². The van der Waals surface area contributed by atoms with Crippen molar-refractivity contribution in [2.75, 3.05) is 0 Å². The van der Waals surface area contributed by atoms with Crippen LogP contribution in [0, 0.1) is 29.1 Å². The van der Waals surface area contributed by atoms with Gasteiger partial charge in [-0.2, -0.15) is 0 Å². The first-order valence-corrected chi connectivity index (χ1v) is 8.71. The van der Waals surface area contributed by atoms with E-state index in [4.69, 9.17) is 0 Å². The molecule has 0 aliphatic heterocycles. The van der Waals surface area contributed by atoms with Crippen molar-refractivity contribution in [3.8, 4) is 0 Å². The van der Waals surface area contributed by atoms with Crippen molar-refractivity contribution >= 4 is 0 Å². The Morgan fingerprint density at radius 2 is 1.45 bits per heavy atom. The summed E-state index contributed by atoms with van der Waals surface area (Å²) in [7, 11) is 0. The molecule has 116 valence electrons. The van der Waals surface area contributed by atoms with E-state index in [1.54, 1.807) is 0 Å². The molecule has 0 aromatic heterocycles.